The second-order valence-electron chi connectivity index (χ2n) is 12.1. The lowest BCUT2D eigenvalue weighted by Crippen LogP contribution is -2.60. The fourth-order valence-corrected chi connectivity index (χ4v) is 7.20. The molecule has 0 bridgehead atoms. The number of hydrogen-bond acceptors (Lipinski definition) is 6. The Kier molecular flexibility index (Phi) is 10.7. The minimum Gasteiger partial charge on any atom is -0.369 e. The van der Waals surface area contributed by atoms with Crippen molar-refractivity contribution in [1.29, 1.82) is 0 Å². The van der Waals surface area contributed by atoms with E-state index in [1.54, 1.807) is 50.5 Å². The average Bonchev–Trinajstić information content (AvgIpc) is 3.13. The van der Waals surface area contributed by atoms with Gasteiger partial charge in [0, 0.05) is 18.7 Å². The zero-order chi connectivity index (χ0) is 34.4. The number of halogens is 1. The van der Waals surface area contributed by atoms with Crippen LogP contribution in [0.2, 0.25) is 0 Å². The van der Waals surface area contributed by atoms with Crippen LogP contribution in [0.5, 0.6) is 0 Å². The van der Waals surface area contributed by atoms with Crippen LogP contribution < -0.4 is 5.32 Å². The van der Waals surface area contributed by atoms with Gasteiger partial charge in [0.2, 0.25) is 0 Å². The number of amidine groups is 1. The van der Waals surface area contributed by atoms with E-state index in [1.807, 2.05) is 60.7 Å². The number of nitrogens with zero attached hydrogens (tertiary/aromatic N) is 3. The Morgan fingerprint density at radius 1 is 0.898 bits per heavy atom. The number of nitrogens with one attached hydrogen (secondary N) is 1. The van der Waals surface area contributed by atoms with Crippen LogP contribution in [0, 0.1) is 5.92 Å². The first-order valence-electron chi connectivity index (χ1n) is 16.0. The predicted molar refractivity (Wildman–Crippen MR) is 192 cm³/mol. The average molecular weight is 697 g/mol. The Morgan fingerprint density at radius 3 is 1.90 bits per heavy atom. The van der Waals surface area contributed by atoms with Crippen molar-refractivity contribution in [2.45, 2.75) is 17.7 Å². The van der Waals surface area contributed by atoms with E-state index in [0.717, 1.165) is 16.7 Å². The van der Waals surface area contributed by atoms with E-state index in [1.165, 1.54) is 4.67 Å². The third kappa shape index (κ3) is 7.53. The third-order valence-corrected chi connectivity index (χ3v) is 11.4. The van der Waals surface area contributed by atoms with Crippen molar-refractivity contribution >= 4 is 35.8 Å². The number of carbonyl (C=O) groups is 2. The van der Waals surface area contributed by atoms with E-state index in [0.29, 0.717) is 18.7 Å². The zero-order valence-corrected chi connectivity index (χ0v) is 28.9. The minimum atomic E-state index is -3.61. The quantitative estimate of drug-likeness (QED) is 0.149. The maximum Gasteiger partial charge on any atom is 0.362 e. The smallest absolute Gasteiger partial charge is 0.362 e. The van der Waals surface area contributed by atoms with Gasteiger partial charge >= 0.3 is 6.87 Å². The molecule has 11 heteroatoms. The SMILES string of the molecule is CN(C)P(=O)(Cl)OC[C@@H]1CN(C(c2ccccc2)(c2ccccc2)c2ccccc2)CC(C2C=CC(NC(=O)c3ccccc3)=NC2=O)O1. The third-order valence-electron chi connectivity index (χ3n) is 8.79. The number of amides is 2. The summed E-state index contributed by atoms with van der Waals surface area (Å²) >= 11 is 6.29. The van der Waals surface area contributed by atoms with Crippen molar-refractivity contribution in [1.82, 2.24) is 14.9 Å². The highest BCUT2D eigenvalue weighted by molar-refractivity contribution is 7.83. The van der Waals surface area contributed by atoms with E-state index >= 15 is 0 Å². The number of hydrogen-bond donors (Lipinski definition) is 1. The Labute approximate surface area is 291 Å². The molecule has 0 radical (unpaired) electrons. The Bertz CT molecular complexity index is 1760. The molecule has 2 aliphatic rings. The number of carbonyl (C=O) groups excluding carboxylic acids is 2. The lowest BCUT2D eigenvalue weighted by molar-refractivity contribution is -0.145. The van der Waals surface area contributed by atoms with Crippen molar-refractivity contribution in [3.05, 3.63) is 156 Å². The molecular formula is C38H38ClN4O5P. The maximum atomic E-state index is 13.7. The van der Waals surface area contributed by atoms with Gasteiger partial charge in [0.15, 0.2) is 0 Å². The predicted octanol–water partition coefficient (Wildman–Crippen LogP) is 6.51. The van der Waals surface area contributed by atoms with Gasteiger partial charge in [-0.25, -0.2) is 4.67 Å². The topological polar surface area (TPSA) is 101 Å². The summed E-state index contributed by atoms with van der Waals surface area (Å²) in [6, 6.07) is 39.4. The molecule has 1 saturated heterocycles. The first-order chi connectivity index (χ1) is 23.7. The van der Waals surface area contributed by atoms with E-state index < -0.39 is 36.4 Å². The van der Waals surface area contributed by atoms with E-state index in [9.17, 15) is 14.2 Å². The Balaban J connectivity index is 1.39. The lowest BCUT2D eigenvalue weighted by Gasteiger charge is -2.51. The normalized spacial score (nSPS) is 21.2. The van der Waals surface area contributed by atoms with Crippen LogP contribution in [-0.2, 0) is 24.2 Å². The van der Waals surface area contributed by atoms with Gasteiger partial charge in [0.1, 0.15) is 5.84 Å². The number of morpholine rings is 1. The molecule has 0 aliphatic carbocycles. The number of dihydropyridines is 1. The number of benzene rings is 4. The molecule has 2 aliphatic heterocycles. The Morgan fingerprint density at radius 2 is 1.41 bits per heavy atom. The number of aliphatic imine (C=N–C) groups is 1. The van der Waals surface area contributed by atoms with Gasteiger partial charge in [-0.15, -0.1) is 0 Å². The fraction of sp³-hybridized carbons (Fsp3) is 0.237. The molecule has 49 heavy (non-hydrogen) atoms. The molecule has 0 spiro atoms. The first-order valence-corrected chi connectivity index (χ1v) is 18.5. The standard InChI is InChI=1S/C38H38ClN4O5P/c1-42(2)49(39,46)47-27-32-25-43(26-34(48-32)33-23-24-35(41-37(33)45)40-36(44)28-15-7-3-8-16-28)38(29-17-9-4-10-18-29,30-19-11-5-12-20-30)31-21-13-6-14-22-31/h3-24,32-34H,25-27H2,1-2H3,(H,40,41,44,45)/t32-,33?,34?,49?/m0/s1. The highest BCUT2D eigenvalue weighted by Gasteiger charge is 2.48. The van der Waals surface area contributed by atoms with Gasteiger partial charge < -0.3 is 14.6 Å². The summed E-state index contributed by atoms with van der Waals surface area (Å²) in [5, 5.41) is 2.72. The van der Waals surface area contributed by atoms with Crippen LogP contribution >= 0.6 is 18.1 Å². The summed E-state index contributed by atoms with van der Waals surface area (Å²) in [7, 11) is 3.18. The van der Waals surface area contributed by atoms with Crippen LogP contribution in [0.3, 0.4) is 0 Å². The Hall–Kier alpha value is -4.21. The molecule has 4 aromatic carbocycles. The van der Waals surface area contributed by atoms with Gasteiger partial charge in [-0.3, -0.25) is 19.1 Å². The minimum absolute atomic E-state index is 0.0767. The number of rotatable bonds is 10. The van der Waals surface area contributed by atoms with Crippen molar-refractivity contribution in [3.8, 4) is 0 Å². The van der Waals surface area contributed by atoms with E-state index in [2.05, 4.69) is 51.6 Å². The molecule has 0 saturated carbocycles. The van der Waals surface area contributed by atoms with Gasteiger partial charge in [-0.1, -0.05) is 115 Å². The summed E-state index contributed by atoms with van der Waals surface area (Å²) in [6.45, 7) is -2.99. The van der Waals surface area contributed by atoms with Crippen LogP contribution in [0.4, 0.5) is 0 Å². The van der Waals surface area contributed by atoms with Crippen molar-refractivity contribution < 1.29 is 23.4 Å². The van der Waals surface area contributed by atoms with Gasteiger partial charge in [0.05, 0.1) is 30.3 Å². The molecule has 9 nitrogen and oxygen atoms in total. The molecule has 252 valence electrons. The summed E-state index contributed by atoms with van der Waals surface area (Å²) in [6.07, 6.45) is 2.07. The van der Waals surface area contributed by atoms with Gasteiger partial charge in [-0.2, -0.15) is 4.99 Å². The molecule has 3 unspecified atom stereocenters. The van der Waals surface area contributed by atoms with Gasteiger partial charge in [0.25, 0.3) is 11.8 Å². The van der Waals surface area contributed by atoms with Crippen molar-refractivity contribution in [2.24, 2.45) is 10.9 Å². The van der Waals surface area contributed by atoms with E-state index in [-0.39, 0.29) is 18.3 Å². The van der Waals surface area contributed by atoms with Crippen molar-refractivity contribution in [2.75, 3.05) is 33.8 Å². The number of ether oxygens (including phenoxy) is 1. The highest BCUT2D eigenvalue weighted by atomic mass is 35.7. The first kappa shape index (κ1) is 34.6. The summed E-state index contributed by atoms with van der Waals surface area (Å²) < 4.78 is 26.8. The zero-order valence-electron chi connectivity index (χ0n) is 27.3. The van der Waals surface area contributed by atoms with E-state index in [4.69, 9.17) is 20.5 Å². The second kappa shape index (κ2) is 15.1. The van der Waals surface area contributed by atoms with Crippen LogP contribution in [-0.4, -0.2) is 73.2 Å². The summed E-state index contributed by atoms with van der Waals surface area (Å²) in [5.41, 5.74) is 2.72. The molecule has 1 fully saturated rings. The van der Waals surface area contributed by atoms with Crippen molar-refractivity contribution in [3.63, 3.8) is 0 Å². The second-order valence-corrected chi connectivity index (χ2v) is 15.4. The fourth-order valence-electron chi connectivity index (χ4n) is 6.45. The van der Waals surface area contributed by atoms with Crippen LogP contribution in [0.25, 0.3) is 0 Å². The lowest BCUT2D eigenvalue weighted by atomic mass is 9.74. The largest absolute Gasteiger partial charge is 0.369 e. The molecule has 4 atom stereocenters. The monoisotopic (exact) mass is 696 g/mol. The summed E-state index contributed by atoms with van der Waals surface area (Å²) in [4.78, 5) is 33.1. The molecule has 0 aromatic heterocycles. The van der Waals surface area contributed by atoms with Crippen LogP contribution in [0.1, 0.15) is 27.0 Å². The highest BCUT2D eigenvalue weighted by Crippen LogP contribution is 2.54. The molecule has 6 rings (SSSR count). The molecule has 1 N–H and O–H groups in total. The van der Waals surface area contributed by atoms with Gasteiger partial charge in [-0.05, 0) is 60.2 Å². The molecule has 2 amide bonds. The summed E-state index contributed by atoms with van der Waals surface area (Å²) in [5.74, 6) is -1.42. The van der Waals surface area contributed by atoms with Crippen LogP contribution in [0.15, 0.2) is 138 Å². The molecule has 2 heterocycles. The maximum absolute atomic E-state index is 13.7. The molecule has 4 aromatic rings. The molecular weight excluding hydrogens is 659 g/mol.